The Morgan fingerprint density at radius 3 is 2.80 bits per heavy atom. The summed E-state index contributed by atoms with van der Waals surface area (Å²) >= 11 is 0. The summed E-state index contributed by atoms with van der Waals surface area (Å²) in [6, 6.07) is 0. The van der Waals surface area contributed by atoms with Gasteiger partial charge in [-0.1, -0.05) is 32.9 Å². The van der Waals surface area contributed by atoms with Gasteiger partial charge in [-0.2, -0.15) is 0 Å². The van der Waals surface area contributed by atoms with E-state index in [1.54, 1.807) is 0 Å². The summed E-state index contributed by atoms with van der Waals surface area (Å²) in [7, 11) is 0. The van der Waals surface area contributed by atoms with Crippen LogP contribution in [0.2, 0.25) is 0 Å². The maximum absolute atomic E-state index is 6.01. The Labute approximate surface area is 92.6 Å². The second-order valence-corrected chi connectivity index (χ2v) is 4.97. The van der Waals surface area contributed by atoms with Gasteiger partial charge in [0.1, 0.15) is 0 Å². The van der Waals surface area contributed by atoms with Crippen LogP contribution in [0.15, 0.2) is 12.2 Å². The fourth-order valence-corrected chi connectivity index (χ4v) is 2.54. The van der Waals surface area contributed by atoms with Crippen LogP contribution < -0.4 is 0 Å². The van der Waals surface area contributed by atoms with Crippen molar-refractivity contribution in [3.63, 3.8) is 0 Å². The van der Waals surface area contributed by atoms with Crippen molar-refractivity contribution in [1.82, 2.24) is 0 Å². The summed E-state index contributed by atoms with van der Waals surface area (Å²) in [6.45, 7) is 6.53. The zero-order chi connectivity index (χ0) is 10.8. The van der Waals surface area contributed by atoms with Crippen LogP contribution >= 0.6 is 0 Å². The summed E-state index contributed by atoms with van der Waals surface area (Å²) in [5.41, 5.74) is 0. The van der Waals surface area contributed by atoms with Crippen molar-refractivity contribution in [2.75, 3.05) is 0 Å². The van der Waals surface area contributed by atoms with Gasteiger partial charge in [0.05, 0.1) is 12.2 Å². The maximum Gasteiger partial charge on any atom is 0.161 e. The summed E-state index contributed by atoms with van der Waals surface area (Å²) in [5, 5.41) is 0. The fraction of sp³-hybridized carbons (Fsp3) is 0.846. The minimum atomic E-state index is -0.0149. The molecule has 0 N–H and O–H groups in total. The first-order chi connectivity index (χ1) is 7.22. The zero-order valence-corrected chi connectivity index (χ0v) is 9.98. The van der Waals surface area contributed by atoms with E-state index in [4.69, 9.17) is 9.47 Å². The van der Waals surface area contributed by atoms with Crippen molar-refractivity contribution in [2.24, 2.45) is 11.8 Å². The van der Waals surface area contributed by atoms with Crippen LogP contribution in [-0.2, 0) is 9.47 Å². The third-order valence-corrected chi connectivity index (χ3v) is 3.44. The molecule has 1 saturated heterocycles. The van der Waals surface area contributed by atoms with Gasteiger partial charge < -0.3 is 9.47 Å². The monoisotopic (exact) mass is 210 g/mol. The molecule has 15 heavy (non-hydrogen) atoms. The zero-order valence-electron chi connectivity index (χ0n) is 9.98. The first kappa shape index (κ1) is 11.2. The van der Waals surface area contributed by atoms with Crippen molar-refractivity contribution in [3.05, 3.63) is 12.2 Å². The molecule has 0 amide bonds. The van der Waals surface area contributed by atoms with Gasteiger partial charge in [0.15, 0.2) is 6.29 Å². The second-order valence-electron chi connectivity index (χ2n) is 4.97. The van der Waals surface area contributed by atoms with E-state index >= 15 is 0 Å². The lowest BCUT2D eigenvalue weighted by Gasteiger charge is -2.43. The average molecular weight is 210 g/mol. The molecular weight excluding hydrogens is 188 g/mol. The molecule has 0 saturated carbocycles. The van der Waals surface area contributed by atoms with Gasteiger partial charge in [-0.05, 0) is 19.3 Å². The number of ether oxygens (including phenoxy) is 2. The lowest BCUT2D eigenvalue weighted by molar-refractivity contribution is -0.274. The normalized spacial score (nSPS) is 40.5. The lowest BCUT2D eigenvalue weighted by Crippen LogP contribution is -2.47. The van der Waals surface area contributed by atoms with E-state index in [1.165, 1.54) is 12.8 Å². The predicted molar refractivity (Wildman–Crippen MR) is 60.5 cm³/mol. The largest absolute Gasteiger partial charge is 0.349 e. The molecule has 1 aliphatic heterocycles. The summed E-state index contributed by atoms with van der Waals surface area (Å²) < 4.78 is 12.0. The molecule has 2 nitrogen and oxygen atoms in total. The average Bonchev–Trinajstić information content (AvgIpc) is 2.27. The van der Waals surface area contributed by atoms with Crippen LogP contribution in [0.25, 0.3) is 0 Å². The van der Waals surface area contributed by atoms with Gasteiger partial charge in [0.2, 0.25) is 0 Å². The summed E-state index contributed by atoms with van der Waals surface area (Å²) in [6.07, 6.45) is 8.64. The third-order valence-electron chi connectivity index (χ3n) is 3.44. The van der Waals surface area contributed by atoms with Gasteiger partial charge in [-0.15, -0.1) is 0 Å². The number of fused-ring (bicyclic) bond motifs is 1. The smallest absolute Gasteiger partial charge is 0.161 e. The van der Waals surface area contributed by atoms with Crippen LogP contribution in [0.3, 0.4) is 0 Å². The maximum atomic E-state index is 6.01. The summed E-state index contributed by atoms with van der Waals surface area (Å²) in [5.74, 6) is 1.02. The topological polar surface area (TPSA) is 18.5 Å². The molecule has 4 atom stereocenters. The van der Waals surface area contributed by atoms with Crippen LogP contribution in [0.1, 0.15) is 40.0 Å². The minimum Gasteiger partial charge on any atom is -0.349 e. The molecule has 0 bridgehead atoms. The third kappa shape index (κ3) is 2.26. The number of rotatable bonds is 2. The van der Waals surface area contributed by atoms with E-state index in [1.807, 2.05) is 0 Å². The van der Waals surface area contributed by atoms with Crippen molar-refractivity contribution < 1.29 is 9.47 Å². The molecule has 4 unspecified atom stereocenters. The van der Waals surface area contributed by atoms with E-state index in [0.717, 1.165) is 6.42 Å². The first-order valence-corrected chi connectivity index (χ1v) is 6.20. The molecule has 2 aliphatic rings. The number of hydrogen-bond donors (Lipinski definition) is 0. The molecule has 86 valence electrons. The van der Waals surface area contributed by atoms with Crippen molar-refractivity contribution >= 4 is 0 Å². The first-order valence-electron chi connectivity index (χ1n) is 6.20. The fourth-order valence-electron chi connectivity index (χ4n) is 2.54. The molecule has 2 rings (SSSR count). The van der Waals surface area contributed by atoms with E-state index < -0.39 is 0 Å². The molecule has 1 heterocycles. The van der Waals surface area contributed by atoms with E-state index in [9.17, 15) is 0 Å². The van der Waals surface area contributed by atoms with Crippen molar-refractivity contribution in [2.45, 2.75) is 58.5 Å². The molecule has 2 heteroatoms. The highest BCUT2D eigenvalue weighted by atomic mass is 16.7. The van der Waals surface area contributed by atoms with Gasteiger partial charge in [0, 0.05) is 11.8 Å². The van der Waals surface area contributed by atoms with Gasteiger partial charge >= 0.3 is 0 Å². The van der Waals surface area contributed by atoms with Crippen molar-refractivity contribution in [3.8, 4) is 0 Å². The van der Waals surface area contributed by atoms with Gasteiger partial charge in [-0.3, -0.25) is 0 Å². The molecular formula is C13H22O2. The SMILES string of the molecule is CCC1OC(C(C)C)OC2C=CCCC21. The quantitative estimate of drug-likeness (QED) is 0.652. The molecule has 0 aromatic heterocycles. The van der Waals surface area contributed by atoms with E-state index in [2.05, 4.69) is 32.9 Å². The van der Waals surface area contributed by atoms with Crippen LogP contribution in [-0.4, -0.2) is 18.5 Å². The van der Waals surface area contributed by atoms with Crippen LogP contribution in [0.4, 0.5) is 0 Å². The Morgan fingerprint density at radius 1 is 1.33 bits per heavy atom. The highest BCUT2D eigenvalue weighted by molar-refractivity contribution is 5.02. The highest BCUT2D eigenvalue weighted by Crippen LogP contribution is 2.35. The van der Waals surface area contributed by atoms with E-state index in [-0.39, 0.29) is 6.29 Å². The molecule has 0 aromatic carbocycles. The molecule has 0 aromatic rings. The number of allylic oxidation sites excluding steroid dienone is 1. The summed E-state index contributed by atoms with van der Waals surface area (Å²) in [4.78, 5) is 0. The molecule has 1 aliphatic carbocycles. The Balaban J connectivity index is 2.09. The minimum absolute atomic E-state index is 0.0149. The predicted octanol–water partition coefficient (Wildman–Crippen LogP) is 3.13. The van der Waals surface area contributed by atoms with Gasteiger partial charge in [0.25, 0.3) is 0 Å². The van der Waals surface area contributed by atoms with Crippen LogP contribution in [0.5, 0.6) is 0 Å². The molecule has 0 spiro atoms. The Hall–Kier alpha value is -0.340. The van der Waals surface area contributed by atoms with Crippen LogP contribution in [0, 0.1) is 11.8 Å². The molecule has 1 fully saturated rings. The molecule has 0 radical (unpaired) electrons. The highest BCUT2D eigenvalue weighted by Gasteiger charge is 2.38. The Morgan fingerprint density at radius 2 is 2.13 bits per heavy atom. The second kappa shape index (κ2) is 4.67. The Bertz CT molecular complexity index is 235. The standard InChI is InChI=1S/C13H22O2/c1-4-11-10-7-5-6-8-12(10)15-13(14-11)9(2)3/h6,8-13H,4-5,7H2,1-3H3. The van der Waals surface area contributed by atoms with Crippen molar-refractivity contribution in [1.29, 1.82) is 0 Å². The Kier molecular flexibility index (Phi) is 3.47. The van der Waals surface area contributed by atoms with E-state index in [0.29, 0.717) is 24.0 Å². The number of hydrogen-bond acceptors (Lipinski definition) is 2. The van der Waals surface area contributed by atoms with Gasteiger partial charge in [-0.25, -0.2) is 0 Å². The lowest BCUT2D eigenvalue weighted by atomic mass is 9.84.